The molecule has 2 aromatic rings. The second kappa shape index (κ2) is 9.04. The third kappa shape index (κ3) is 4.59. The number of aromatic amines is 1. The number of hydrogen-bond acceptors (Lipinski definition) is 6. The summed E-state index contributed by atoms with van der Waals surface area (Å²) in [5, 5.41) is 13.7. The van der Waals surface area contributed by atoms with Crippen molar-refractivity contribution >= 4 is 17.7 Å². The maximum absolute atomic E-state index is 11.8. The fourth-order valence-electron chi connectivity index (χ4n) is 4.54. The zero-order valence-corrected chi connectivity index (χ0v) is 18.1. The van der Waals surface area contributed by atoms with Crippen molar-refractivity contribution < 1.29 is 9.53 Å². The summed E-state index contributed by atoms with van der Waals surface area (Å²) in [6.07, 6.45) is 5.37. The van der Waals surface area contributed by atoms with Gasteiger partial charge in [0.15, 0.2) is 5.82 Å². The summed E-state index contributed by atoms with van der Waals surface area (Å²) < 4.78 is 5.52. The molecule has 4 rings (SSSR count). The highest BCUT2D eigenvalue weighted by Crippen LogP contribution is 2.37. The molecule has 30 heavy (non-hydrogen) atoms. The number of rotatable bonds is 7. The van der Waals surface area contributed by atoms with Crippen molar-refractivity contribution in [3.63, 3.8) is 0 Å². The Bertz CT molecular complexity index is 880. The van der Waals surface area contributed by atoms with E-state index in [1.165, 1.54) is 11.3 Å². The summed E-state index contributed by atoms with van der Waals surface area (Å²) in [5.41, 5.74) is 3.58. The van der Waals surface area contributed by atoms with Crippen LogP contribution in [0.5, 0.6) is 0 Å². The molecule has 1 unspecified atom stereocenters. The van der Waals surface area contributed by atoms with Crippen LogP contribution in [0.2, 0.25) is 0 Å². The average molecular weight is 413 g/mol. The first-order valence-corrected chi connectivity index (χ1v) is 11.0. The molecule has 0 saturated heterocycles. The van der Waals surface area contributed by atoms with Gasteiger partial charge in [0.1, 0.15) is 11.9 Å². The quantitative estimate of drug-likeness (QED) is 0.639. The Hall–Kier alpha value is -2.61. The third-order valence-corrected chi connectivity index (χ3v) is 6.12. The molecule has 0 bridgehead atoms. The first kappa shape index (κ1) is 20.7. The molecule has 2 heterocycles. The fraction of sp³-hybridized carbons (Fsp3) is 0.591. The van der Waals surface area contributed by atoms with Crippen LogP contribution in [0.1, 0.15) is 67.9 Å². The first-order valence-electron chi connectivity index (χ1n) is 11.0. The topological polar surface area (TPSA) is 95.2 Å². The second-order valence-corrected chi connectivity index (χ2v) is 8.55. The predicted molar refractivity (Wildman–Crippen MR) is 116 cm³/mol. The molecule has 2 aliphatic rings. The van der Waals surface area contributed by atoms with E-state index in [9.17, 15) is 4.79 Å². The number of aryl methyl sites for hydroxylation is 1. The molecule has 0 aliphatic heterocycles. The smallest absolute Gasteiger partial charge is 0.407 e. The van der Waals surface area contributed by atoms with Crippen LogP contribution in [0, 0.1) is 0 Å². The maximum Gasteiger partial charge on any atom is 0.407 e. The molecule has 0 radical (unpaired) electrons. The summed E-state index contributed by atoms with van der Waals surface area (Å²) in [6.45, 7) is 2.67. The highest BCUT2D eigenvalue weighted by Gasteiger charge is 2.30. The number of H-pyrrole nitrogens is 1. The number of ether oxygens (including phenoxy) is 1. The monoisotopic (exact) mass is 412 g/mol. The molecule has 8 nitrogen and oxygen atoms in total. The molecule has 0 aromatic carbocycles. The van der Waals surface area contributed by atoms with Crippen molar-refractivity contribution in [2.24, 2.45) is 0 Å². The van der Waals surface area contributed by atoms with Crippen LogP contribution in [0.4, 0.5) is 16.4 Å². The zero-order chi connectivity index (χ0) is 21.1. The molecule has 1 amide bonds. The summed E-state index contributed by atoms with van der Waals surface area (Å²) in [6, 6.07) is 6.71. The lowest BCUT2D eigenvalue weighted by Gasteiger charge is -2.19. The lowest BCUT2D eigenvalue weighted by Crippen LogP contribution is -2.28. The van der Waals surface area contributed by atoms with E-state index in [0.717, 1.165) is 55.9 Å². The van der Waals surface area contributed by atoms with Gasteiger partial charge in [-0.25, -0.2) is 9.78 Å². The number of carbonyl (C=O) groups is 1. The molecule has 3 N–H and O–H groups in total. The summed E-state index contributed by atoms with van der Waals surface area (Å²) >= 11 is 0. The minimum atomic E-state index is -0.311. The number of anilines is 2. The van der Waals surface area contributed by atoms with Gasteiger partial charge < -0.3 is 20.3 Å². The van der Waals surface area contributed by atoms with Gasteiger partial charge in [-0.05, 0) is 64.3 Å². The largest absolute Gasteiger partial charge is 0.446 e. The molecule has 2 aromatic heterocycles. The van der Waals surface area contributed by atoms with E-state index in [1.807, 2.05) is 19.1 Å². The van der Waals surface area contributed by atoms with Crippen molar-refractivity contribution in [3.8, 4) is 0 Å². The number of aromatic nitrogens is 3. The fourth-order valence-corrected chi connectivity index (χ4v) is 4.54. The van der Waals surface area contributed by atoms with E-state index in [1.54, 1.807) is 0 Å². The van der Waals surface area contributed by atoms with E-state index < -0.39 is 0 Å². The summed E-state index contributed by atoms with van der Waals surface area (Å²) in [4.78, 5) is 18.8. The van der Waals surface area contributed by atoms with Crippen LogP contribution in [-0.2, 0) is 11.2 Å². The van der Waals surface area contributed by atoms with Gasteiger partial charge in [0.2, 0.25) is 0 Å². The van der Waals surface area contributed by atoms with Gasteiger partial charge in [-0.15, -0.1) is 0 Å². The van der Waals surface area contributed by atoms with Gasteiger partial charge in [-0.3, -0.25) is 5.10 Å². The number of nitrogens with zero attached hydrogens (tertiary/aromatic N) is 3. The molecule has 1 saturated carbocycles. The van der Waals surface area contributed by atoms with Gasteiger partial charge in [0.25, 0.3) is 0 Å². The normalized spacial score (nSPS) is 22.9. The van der Waals surface area contributed by atoms with E-state index in [2.05, 4.69) is 45.9 Å². The average Bonchev–Trinajstić information content (AvgIpc) is 3.45. The Morgan fingerprint density at radius 2 is 2.13 bits per heavy atom. The van der Waals surface area contributed by atoms with Crippen LogP contribution < -0.4 is 10.6 Å². The zero-order valence-electron chi connectivity index (χ0n) is 18.1. The standard InChI is InChI=1S/C22H32N6O2/c1-4-11-23-22(29)30-15-6-5-14(12-15)18-13-21(27-26-18)25-20-10-7-16-17(24-20)8-9-19(16)28(2)3/h7,10,13-15,19H,4-6,8-9,11-12H2,1-3H3,(H,23,29)(H2,24,25,26,27)/t14-,15+,19?/m1/s1. The SMILES string of the molecule is CCCNC(=O)O[C@H]1CC[C@@H](c2cc(Nc3ccc4c(n3)CCC4N(C)C)n[nH]2)C1. The van der Waals surface area contributed by atoms with Crippen molar-refractivity contribution in [1.29, 1.82) is 0 Å². The Labute approximate surface area is 177 Å². The molecule has 162 valence electrons. The van der Waals surface area contributed by atoms with Crippen molar-refractivity contribution in [3.05, 3.63) is 35.2 Å². The molecule has 3 atom stereocenters. The highest BCUT2D eigenvalue weighted by atomic mass is 16.6. The van der Waals surface area contributed by atoms with Gasteiger partial charge >= 0.3 is 6.09 Å². The molecular weight excluding hydrogens is 380 g/mol. The number of alkyl carbamates (subject to hydrolysis) is 1. The van der Waals surface area contributed by atoms with Gasteiger partial charge in [0, 0.05) is 36.0 Å². The molecule has 1 fully saturated rings. The van der Waals surface area contributed by atoms with Gasteiger partial charge in [-0.1, -0.05) is 13.0 Å². The number of hydrogen-bond donors (Lipinski definition) is 3. The summed E-state index contributed by atoms with van der Waals surface area (Å²) in [7, 11) is 4.24. The number of fused-ring (bicyclic) bond motifs is 1. The van der Waals surface area contributed by atoms with Gasteiger partial charge in [-0.2, -0.15) is 5.10 Å². The molecule has 2 aliphatic carbocycles. The van der Waals surface area contributed by atoms with E-state index in [4.69, 9.17) is 9.72 Å². The number of pyridine rings is 1. The molecular formula is C22H32N6O2. The van der Waals surface area contributed by atoms with Crippen molar-refractivity contribution in [2.45, 2.75) is 63.5 Å². The van der Waals surface area contributed by atoms with Crippen LogP contribution in [-0.4, -0.2) is 52.9 Å². The lowest BCUT2D eigenvalue weighted by molar-refractivity contribution is 0.100. The van der Waals surface area contributed by atoms with Crippen LogP contribution >= 0.6 is 0 Å². The Balaban J connectivity index is 1.34. The highest BCUT2D eigenvalue weighted by molar-refractivity contribution is 5.67. The van der Waals surface area contributed by atoms with E-state index in [-0.39, 0.29) is 12.2 Å². The Kier molecular flexibility index (Phi) is 6.22. The Morgan fingerprint density at radius 3 is 2.93 bits per heavy atom. The van der Waals surface area contributed by atoms with Gasteiger partial charge in [0.05, 0.1) is 0 Å². The third-order valence-electron chi connectivity index (χ3n) is 6.12. The summed E-state index contributed by atoms with van der Waals surface area (Å²) in [5.74, 6) is 1.92. The van der Waals surface area contributed by atoms with Crippen LogP contribution in [0.15, 0.2) is 18.2 Å². The number of carbonyl (C=O) groups excluding carboxylic acids is 1. The van der Waals surface area contributed by atoms with E-state index in [0.29, 0.717) is 18.5 Å². The first-order chi connectivity index (χ1) is 14.5. The molecule has 8 heteroatoms. The number of amides is 1. The minimum absolute atomic E-state index is 0.0328. The van der Waals surface area contributed by atoms with Crippen LogP contribution in [0.3, 0.4) is 0 Å². The number of nitrogens with one attached hydrogen (secondary N) is 3. The van der Waals surface area contributed by atoms with E-state index >= 15 is 0 Å². The predicted octanol–water partition coefficient (Wildman–Crippen LogP) is 3.87. The minimum Gasteiger partial charge on any atom is -0.446 e. The maximum atomic E-state index is 11.8. The van der Waals surface area contributed by atoms with Crippen molar-refractivity contribution in [2.75, 3.05) is 26.0 Å². The second-order valence-electron chi connectivity index (χ2n) is 8.55. The van der Waals surface area contributed by atoms with Crippen molar-refractivity contribution in [1.82, 2.24) is 25.4 Å². The van der Waals surface area contributed by atoms with Crippen LogP contribution in [0.25, 0.3) is 0 Å². The lowest BCUT2D eigenvalue weighted by atomic mass is 10.0. The molecule has 0 spiro atoms. The Morgan fingerprint density at radius 1 is 1.27 bits per heavy atom.